The lowest BCUT2D eigenvalue weighted by Crippen LogP contribution is -2.50. The van der Waals surface area contributed by atoms with Crippen LogP contribution in [-0.4, -0.2) is 84.9 Å². The number of piperazine rings is 1. The summed E-state index contributed by atoms with van der Waals surface area (Å²) in [5.74, 6) is 0.382. The van der Waals surface area contributed by atoms with Gasteiger partial charge in [-0.25, -0.2) is 0 Å². The van der Waals surface area contributed by atoms with Crippen molar-refractivity contribution in [3.8, 4) is 0 Å². The van der Waals surface area contributed by atoms with Crippen LogP contribution in [0.4, 0.5) is 0 Å². The molecular formula is C16H28N4O2. The van der Waals surface area contributed by atoms with Crippen molar-refractivity contribution in [1.82, 2.24) is 20.0 Å². The highest BCUT2D eigenvalue weighted by Gasteiger charge is 2.31. The molecule has 0 spiro atoms. The summed E-state index contributed by atoms with van der Waals surface area (Å²) >= 11 is 0. The van der Waals surface area contributed by atoms with Crippen molar-refractivity contribution in [2.45, 2.75) is 38.1 Å². The molecule has 22 heavy (non-hydrogen) atoms. The second-order valence-corrected chi connectivity index (χ2v) is 6.73. The van der Waals surface area contributed by atoms with Gasteiger partial charge in [0.2, 0.25) is 11.8 Å². The van der Waals surface area contributed by atoms with Crippen LogP contribution in [0.5, 0.6) is 0 Å². The summed E-state index contributed by atoms with van der Waals surface area (Å²) in [6.45, 7) is 7.07. The van der Waals surface area contributed by atoms with Gasteiger partial charge in [-0.1, -0.05) is 0 Å². The second kappa shape index (κ2) is 7.42. The summed E-state index contributed by atoms with van der Waals surface area (Å²) in [6.07, 6.45) is 5.25. The highest BCUT2D eigenvalue weighted by Crippen LogP contribution is 2.27. The molecule has 3 aliphatic rings. The predicted molar refractivity (Wildman–Crippen MR) is 84.5 cm³/mol. The van der Waals surface area contributed by atoms with Gasteiger partial charge < -0.3 is 10.2 Å². The number of nitrogens with zero attached hydrogens (tertiary/aromatic N) is 3. The number of rotatable bonds is 7. The SMILES string of the molecule is O=C(CN1CCN(C2CC2)CC1)NCCCN1CCCC1=O. The third kappa shape index (κ3) is 4.43. The van der Waals surface area contributed by atoms with Gasteiger partial charge in [0.15, 0.2) is 0 Å². The fraction of sp³-hybridized carbons (Fsp3) is 0.875. The molecule has 0 bridgehead atoms. The highest BCUT2D eigenvalue weighted by atomic mass is 16.2. The molecule has 2 saturated heterocycles. The fourth-order valence-electron chi connectivity index (χ4n) is 3.42. The van der Waals surface area contributed by atoms with Crippen molar-refractivity contribution in [1.29, 1.82) is 0 Å². The van der Waals surface area contributed by atoms with Crippen LogP contribution < -0.4 is 5.32 Å². The molecule has 1 aliphatic carbocycles. The zero-order chi connectivity index (χ0) is 15.4. The molecule has 3 rings (SSSR count). The zero-order valence-corrected chi connectivity index (χ0v) is 13.4. The molecule has 2 amide bonds. The van der Waals surface area contributed by atoms with Crippen molar-refractivity contribution in [2.75, 3.05) is 52.4 Å². The molecule has 0 aromatic heterocycles. The Morgan fingerprint density at radius 3 is 2.55 bits per heavy atom. The maximum Gasteiger partial charge on any atom is 0.234 e. The first-order valence-electron chi connectivity index (χ1n) is 8.73. The lowest BCUT2D eigenvalue weighted by molar-refractivity contribution is -0.127. The minimum Gasteiger partial charge on any atom is -0.355 e. The van der Waals surface area contributed by atoms with E-state index in [1.807, 2.05) is 4.90 Å². The van der Waals surface area contributed by atoms with Crippen molar-refractivity contribution >= 4 is 11.8 Å². The summed E-state index contributed by atoms with van der Waals surface area (Å²) < 4.78 is 0. The van der Waals surface area contributed by atoms with Crippen LogP contribution in [-0.2, 0) is 9.59 Å². The molecule has 0 radical (unpaired) electrons. The molecule has 0 aromatic carbocycles. The van der Waals surface area contributed by atoms with E-state index in [1.165, 1.54) is 12.8 Å². The molecule has 124 valence electrons. The Kier molecular flexibility index (Phi) is 5.31. The zero-order valence-electron chi connectivity index (χ0n) is 13.4. The Bertz CT molecular complexity index is 403. The normalized spacial score (nSPS) is 24.0. The quantitative estimate of drug-likeness (QED) is 0.667. The molecule has 1 N–H and O–H groups in total. The third-order valence-electron chi connectivity index (χ3n) is 4.94. The van der Waals surface area contributed by atoms with E-state index in [4.69, 9.17) is 0 Å². The molecular weight excluding hydrogens is 280 g/mol. The first-order chi connectivity index (χ1) is 10.7. The fourth-order valence-corrected chi connectivity index (χ4v) is 3.42. The standard InChI is InChI=1S/C16H28N4O2/c21-15(17-6-2-8-20-7-1-3-16(20)22)13-18-9-11-19(12-10-18)14-4-5-14/h14H,1-13H2,(H,17,21). The van der Waals surface area contributed by atoms with Gasteiger partial charge in [0.1, 0.15) is 0 Å². The Hall–Kier alpha value is -1.14. The van der Waals surface area contributed by atoms with E-state index < -0.39 is 0 Å². The van der Waals surface area contributed by atoms with Gasteiger partial charge in [0.25, 0.3) is 0 Å². The Balaban J connectivity index is 1.24. The molecule has 6 heteroatoms. The number of hydrogen-bond acceptors (Lipinski definition) is 4. The van der Waals surface area contributed by atoms with Crippen LogP contribution in [0.2, 0.25) is 0 Å². The van der Waals surface area contributed by atoms with Crippen molar-refractivity contribution in [2.24, 2.45) is 0 Å². The van der Waals surface area contributed by atoms with Gasteiger partial charge in [-0.15, -0.1) is 0 Å². The van der Waals surface area contributed by atoms with Crippen LogP contribution in [0, 0.1) is 0 Å². The average Bonchev–Trinajstić information content (AvgIpc) is 3.28. The molecule has 0 aromatic rings. The second-order valence-electron chi connectivity index (χ2n) is 6.73. The van der Waals surface area contributed by atoms with E-state index in [0.717, 1.165) is 58.2 Å². The van der Waals surface area contributed by atoms with Gasteiger partial charge in [-0.05, 0) is 25.7 Å². The maximum absolute atomic E-state index is 12.0. The summed E-state index contributed by atoms with van der Waals surface area (Å²) in [5.41, 5.74) is 0. The molecule has 2 heterocycles. The van der Waals surface area contributed by atoms with E-state index in [1.54, 1.807) is 0 Å². The summed E-state index contributed by atoms with van der Waals surface area (Å²) in [6, 6.07) is 0.837. The van der Waals surface area contributed by atoms with Crippen molar-refractivity contribution < 1.29 is 9.59 Å². The number of amides is 2. The summed E-state index contributed by atoms with van der Waals surface area (Å²) in [4.78, 5) is 30.1. The third-order valence-corrected chi connectivity index (χ3v) is 4.94. The first-order valence-corrected chi connectivity index (χ1v) is 8.73. The Labute approximate surface area is 132 Å². The number of likely N-dealkylation sites (tertiary alicyclic amines) is 1. The minimum absolute atomic E-state index is 0.118. The molecule has 0 atom stereocenters. The smallest absolute Gasteiger partial charge is 0.234 e. The molecule has 0 unspecified atom stereocenters. The summed E-state index contributed by atoms with van der Waals surface area (Å²) in [7, 11) is 0. The first kappa shape index (κ1) is 15.7. The van der Waals surface area contributed by atoms with Crippen molar-refractivity contribution in [3.05, 3.63) is 0 Å². The van der Waals surface area contributed by atoms with Crippen LogP contribution in [0.15, 0.2) is 0 Å². The average molecular weight is 308 g/mol. The van der Waals surface area contributed by atoms with Crippen LogP contribution in [0.25, 0.3) is 0 Å². The monoisotopic (exact) mass is 308 g/mol. The largest absolute Gasteiger partial charge is 0.355 e. The minimum atomic E-state index is 0.118. The Morgan fingerprint density at radius 1 is 1.14 bits per heavy atom. The summed E-state index contributed by atoms with van der Waals surface area (Å²) in [5, 5.41) is 2.98. The predicted octanol–water partition coefficient (Wildman–Crippen LogP) is -0.105. The lowest BCUT2D eigenvalue weighted by atomic mass is 10.3. The van der Waals surface area contributed by atoms with E-state index in [9.17, 15) is 9.59 Å². The van der Waals surface area contributed by atoms with Crippen LogP contribution >= 0.6 is 0 Å². The molecule has 6 nitrogen and oxygen atoms in total. The van der Waals surface area contributed by atoms with Crippen molar-refractivity contribution in [3.63, 3.8) is 0 Å². The van der Waals surface area contributed by atoms with E-state index in [2.05, 4.69) is 15.1 Å². The molecule has 1 saturated carbocycles. The number of nitrogens with one attached hydrogen (secondary N) is 1. The number of hydrogen-bond donors (Lipinski definition) is 1. The van der Waals surface area contributed by atoms with E-state index in [0.29, 0.717) is 19.5 Å². The number of carbonyl (C=O) groups is 2. The van der Waals surface area contributed by atoms with E-state index in [-0.39, 0.29) is 11.8 Å². The molecule has 3 fully saturated rings. The van der Waals surface area contributed by atoms with Gasteiger partial charge in [-0.2, -0.15) is 0 Å². The maximum atomic E-state index is 12.0. The number of carbonyl (C=O) groups excluding carboxylic acids is 2. The van der Waals surface area contributed by atoms with E-state index >= 15 is 0 Å². The van der Waals surface area contributed by atoms with Gasteiger partial charge in [0.05, 0.1) is 6.54 Å². The van der Waals surface area contributed by atoms with Crippen LogP contribution in [0.3, 0.4) is 0 Å². The van der Waals surface area contributed by atoms with Gasteiger partial charge >= 0.3 is 0 Å². The topological polar surface area (TPSA) is 55.9 Å². The van der Waals surface area contributed by atoms with Gasteiger partial charge in [-0.3, -0.25) is 19.4 Å². The highest BCUT2D eigenvalue weighted by molar-refractivity contribution is 5.78. The molecule has 2 aliphatic heterocycles. The lowest BCUT2D eigenvalue weighted by Gasteiger charge is -2.34. The van der Waals surface area contributed by atoms with Crippen LogP contribution in [0.1, 0.15) is 32.1 Å². The van der Waals surface area contributed by atoms with Gasteiger partial charge in [0, 0.05) is 58.3 Å². The Morgan fingerprint density at radius 2 is 1.91 bits per heavy atom.